The van der Waals surface area contributed by atoms with Crippen LogP contribution in [0, 0.1) is 5.92 Å². The number of methoxy groups -OCH3 is 1. The predicted molar refractivity (Wildman–Crippen MR) is 129 cm³/mol. The topological polar surface area (TPSA) is 123 Å². The van der Waals surface area contributed by atoms with E-state index in [0.717, 1.165) is 12.8 Å². The van der Waals surface area contributed by atoms with Crippen LogP contribution in [0.4, 0.5) is 22.0 Å². The van der Waals surface area contributed by atoms with E-state index in [4.69, 9.17) is 4.74 Å². The first-order valence-corrected chi connectivity index (χ1v) is 11.2. The summed E-state index contributed by atoms with van der Waals surface area (Å²) in [6.45, 7) is 3.74. The van der Waals surface area contributed by atoms with Crippen molar-refractivity contribution in [3.63, 3.8) is 0 Å². The second kappa shape index (κ2) is 9.90. The Labute approximate surface area is 198 Å². The second-order valence-corrected chi connectivity index (χ2v) is 8.69. The van der Waals surface area contributed by atoms with Gasteiger partial charge in [0.05, 0.1) is 29.6 Å². The molecule has 1 aliphatic carbocycles. The molecular weight excluding hydrogens is 434 g/mol. The number of aryl methyl sites for hydroxylation is 1. The quantitative estimate of drug-likeness (QED) is 0.408. The zero-order chi connectivity index (χ0) is 24.2. The molecular formula is C24H29N7O3. The van der Waals surface area contributed by atoms with Gasteiger partial charge in [-0.3, -0.25) is 14.8 Å². The summed E-state index contributed by atoms with van der Waals surface area (Å²) in [5.74, 6) is 1.83. The van der Waals surface area contributed by atoms with Crippen LogP contribution in [0.15, 0.2) is 36.8 Å². The number of amides is 2. The van der Waals surface area contributed by atoms with Crippen LogP contribution < -0.4 is 20.7 Å². The zero-order valence-corrected chi connectivity index (χ0v) is 19.8. The highest BCUT2D eigenvalue weighted by Gasteiger charge is 2.27. The Morgan fingerprint density at radius 1 is 1.21 bits per heavy atom. The van der Waals surface area contributed by atoms with E-state index in [1.54, 1.807) is 31.2 Å². The highest BCUT2D eigenvalue weighted by atomic mass is 16.5. The Kier molecular flexibility index (Phi) is 6.76. The number of ketones is 1. The third kappa shape index (κ3) is 5.51. The molecule has 34 heavy (non-hydrogen) atoms. The lowest BCUT2D eigenvalue weighted by Gasteiger charge is -2.17. The number of anilines is 3. The highest BCUT2D eigenvalue weighted by molar-refractivity contribution is 6.03. The molecule has 1 aliphatic rings. The zero-order valence-electron chi connectivity index (χ0n) is 19.8. The molecule has 178 valence electrons. The van der Waals surface area contributed by atoms with E-state index in [1.165, 1.54) is 6.20 Å². The monoisotopic (exact) mass is 463 g/mol. The van der Waals surface area contributed by atoms with Gasteiger partial charge in [-0.1, -0.05) is 6.07 Å². The Bertz CT molecular complexity index is 1200. The molecule has 0 atom stereocenters. The molecule has 0 aliphatic heterocycles. The molecule has 1 saturated carbocycles. The number of para-hydroxylation sites is 1. The average molecular weight is 464 g/mol. The van der Waals surface area contributed by atoms with Crippen molar-refractivity contribution in [1.29, 1.82) is 0 Å². The minimum Gasteiger partial charge on any atom is -0.494 e. The standard InChI is InChI=1S/C24H29N7O3/c1-14(2)27-24(33)29-21-11-19(17(12-25-21)20(32)10-15-8-9-15)28-18-7-5-6-16(22(18)34-4)23-26-13-31(3)30-23/h5-7,11-15H,8-10H2,1-4H3,(H3,25,27,28,29,33). The SMILES string of the molecule is COc1c(Nc2cc(NC(=O)NC(C)C)ncc2C(=O)CC2CC2)cccc1-c1ncn(C)n1. The molecule has 0 unspecified atom stereocenters. The van der Waals surface area contributed by atoms with Gasteiger partial charge in [0.15, 0.2) is 17.4 Å². The first-order valence-electron chi connectivity index (χ1n) is 11.2. The van der Waals surface area contributed by atoms with Gasteiger partial charge in [0.25, 0.3) is 0 Å². The van der Waals surface area contributed by atoms with Crippen LogP contribution in [0.5, 0.6) is 5.75 Å². The van der Waals surface area contributed by atoms with Crippen LogP contribution in [0.3, 0.4) is 0 Å². The molecule has 10 heteroatoms. The third-order valence-electron chi connectivity index (χ3n) is 5.37. The minimum atomic E-state index is -0.369. The van der Waals surface area contributed by atoms with Gasteiger partial charge in [0.1, 0.15) is 12.1 Å². The number of rotatable bonds is 9. The van der Waals surface area contributed by atoms with Crippen LogP contribution in [-0.4, -0.2) is 44.7 Å². The summed E-state index contributed by atoms with van der Waals surface area (Å²) in [5.41, 5.74) is 2.34. The average Bonchev–Trinajstić information content (AvgIpc) is 3.49. The number of carbonyl (C=O) groups is 2. The Balaban J connectivity index is 1.69. The molecule has 0 spiro atoms. The fourth-order valence-corrected chi connectivity index (χ4v) is 3.60. The maximum atomic E-state index is 13.0. The van der Waals surface area contributed by atoms with Crippen molar-refractivity contribution in [2.24, 2.45) is 13.0 Å². The lowest BCUT2D eigenvalue weighted by atomic mass is 10.1. The molecule has 0 radical (unpaired) electrons. The molecule has 0 saturated heterocycles. The van der Waals surface area contributed by atoms with E-state index in [1.807, 2.05) is 32.0 Å². The van der Waals surface area contributed by atoms with E-state index in [9.17, 15) is 9.59 Å². The van der Waals surface area contributed by atoms with E-state index in [2.05, 4.69) is 31.0 Å². The smallest absolute Gasteiger partial charge is 0.320 e. The van der Waals surface area contributed by atoms with E-state index < -0.39 is 0 Å². The third-order valence-corrected chi connectivity index (χ3v) is 5.37. The summed E-state index contributed by atoms with van der Waals surface area (Å²) in [5, 5.41) is 13.2. The van der Waals surface area contributed by atoms with Crippen LogP contribution in [0.25, 0.3) is 11.4 Å². The summed E-state index contributed by atoms with van der Waals surface area (Å²) < 4.78 is 7.31. The summed E-state index contributed by atoms with van der Waals surface area (Å²) >= 11 is 0. The largest absolute Gasteiger partial charge is 0.494 e. The number of hydrogen-bond acceptors (Lipinski definition) is 7. The molecule has 3 aromatic rings. The summed E-state index contributed by atoms with van der Waals surface area (Å²) in [7, 11) is 3.37. The van der Waals surface area contributed by atoms with Crippen molar-refractivity contribution in [2.45, 2.75) is 39.2 Å². The molecule has 1 aromatic carbocycles. The van der Waals surface area contributed by atoms with Crippen LogP contribution in [0.1, 0.15) is 43.5 Å². The maximum absolute atomic E-state index is 13.0. The number of Topliss-reactive ketones (excluding diaryl/α,β-unsaturated/α-hetero) is 1. The van der Waals surface area contributed by atoms with Gasteiger partial charge in [-0.15, -0.1) is 0 Å². The van der Waals surface area contributed by atoms with Crippen molar-refractivity contribution in [1.82, 2.24) is 25.1 Å². The number of urea groups is 1. The van der Waals surface area contributed by atoms with Crippen molar-refractivity contribution in [3.05, 3.63) is 42.4 Å². The molecule has 2 heterocycles. The summed E-state index contributed by atoms with van der Waals surface area (Å²) in [6.07, 6.45) is 5.75. The fourth-order valence-electron chi connectivity index (χ4n) is 3.60. The van der Waals surface area contributed by atoms with Crippen LogP contribution in [0.2, 0.25) is 0 Å². The Morgan fingerprint density at radius 3 is 2.65 bits per heavy atom. The number of carbonyl (C=O) groups excluding carboxylic acids is 2. The Hall–Kier alpha value is -3.95. The minimum absolute atomic E-state index is 0.0113. The van der Waals surface area contributed by atoms with Gasteiger partial charge in [0, 0.05) is 31.8 Å². The van der Waals surface area contributed by atoms with Crippen molar-refractivity contribution in [2.75, 3.05) is 17.7 Å². The number of nitrogens with zero attached hydrogens (tertiary/aromatic N) is 4. The molecule has 2 aromatic heterocycles. The van der Waals surface area contributed by atoms with Crippen molar-refractivity contribution in [3.8, 4) is 17.1 Å². The van der Waals surface area contributed by atoms with Gasteiger partial charge >= 0.3 is 6.03 Å². The van der Waals surface area contributed by atoms with E-state index >= 15 is 0 Å². The molecule has 10 nitrogen and oxygen atoms in total. The predicted octanol–water partition coefficient (Wildman–Crippen LogP) is 4.14. The number of ether oxygens (including phenoxy) is 1. The molecule has 1 fully saturated rings. The molecule has 2 amide bonds. The van der Waals surface area contributed by atoms with E-state index in [-0.39, 0.29) is 17.9 Å². The normalized spacial score (nSPS) is 13.0. The first kappa shape index (κ1) is 23.2. The van der Waals surface area contributed by atoms with Gasteiger partial charge in [-0.2, -0.15) is 5.10 Å². The number of aromatic nitrogens is 4. The number of hydrogen-bond donors (Lipinski definition) is 3. The van der Waals surface area contributed by atoms with Gasteiger partial charge in [0.2, 0.25) is 0 Å². The van der Waals surface area contributed by atoms with Gasteiger partial charge in [-0.05, 0) is 44.7 Å². The lowest BCUT2D eigenvalue weighted by molar-refractivity contribution is 0.0976. The van der Waals surface area contributed by atoms with Crippen LogP contribution in [-0.2, 0) is 7.05 Å². The lowest BCUT2D eigenvalue weighted by Crippen LogP contribution is -2.34. The van der Waals surface area contributed by atoms with Gasteiger partial charge in [-0.25, -0.2) is 14.8 Å². The fraction of sp³-hybridized carbons (Fsp3) is 0.375. The number of nitrogens with one attached hydrogen (secondary N) is 3. The molecule has 0 bridgehead atoms. The number of pyridine rings is 1. The summed E-state index contributed by atoms with van der Waals surface area (Å²) in [6, 6.07) is 6.84. The van der Waals surface area contributed by atoms with Gasteiger partial charge < -0.3 is 15.4 Å². The molecule has 3 N–H and O–H groups in total. The first-order chi connectivity index (χ1) is 16.3. The summed E-state index contributed by atoms with van der Waals surface area (Å²) in [4.78, 5) is 33.8. The van der Waals surface area contributed by atoms with Crippen molar-refractivity contribution < 1.29 is 14.3 Å². The maximum Gasteiger partial charge on any atom is 0.320 e. The second-order valence-electron chi connectivity index (χ2n) is 8.69. The Morgan fingerprint density at radius 2 is 2.00 bits per heavy atom. The highest BCUT2D eigenvalue weighted by Crippen LogP contribution is 2.38. The number of benzene rings is 1. The van der Waals surface area contributed by atoms with E-state index in [0.29, 0.717) is 52.2 Å². The van der Waals surface area contributed by atoms with Crippen molar-refractivity contribution >= 4 is 29.0 Å². The van der Waals surface area contributed by atoms with Crippen LogP contribution >= 0.6 is 0 Å². The molecule has 4 rings (SSSR count).